The summed E-state index contributed by atoms with van der Waals surface area (Å²) < 4.78 is 0. The first-order valence-corrected chi connectivity index (χ1v) is 9.34. The quantitative estimate of drug-likeness (QED) is 0.686. The van der Waals surface area contributed by atoms with Gasteiger partial charge in [0.25, 0.3) is 0 Å². The van der Waals surface area contributed by atoms with Crippen LogP contribution >= 0.6 is 0 Å². The molecule has 3 rings (SSSR count). The molecule has 1 atom stereocenters. The summed E-state index contributed by atoms with van der Waals surface area (Å²) in [5.41, 5.74) is 1.20. The van der Waals surface area contributed by atoms with Crippen LogP contribution < -0.4 is 16.0 Å². The predicted octanol–water partition coefficient (Wildman–Crippen LogP) is 3.37. The van der Waals surface area contributed by atoms with Gasteiger partial charge in [0.1, 0.15) is 5.82 Å². The minimum absolute atomic E-state index is 0.409. The SMILES string of the molecule is CC[C@@H](C)Nc1nc(NCCC2CCNCC2)cc(C2CC2)n1. The van der Waals surface area contributed by atoms with E-state index in [1.54, 1.807) is 0 Å². The Hall–Kier alpha value is -1.36. The van der Waals surface area contributed by atoms with Crippen LogP contribution in [0.4, 0.5) is 11.8 Å². The fourth-order valence-electron chi connectivity index (χ4n) is 3.11. The first-order valence-electron chi connectivity index (χ1n) is 9.34. The van der Waals surface area contributed by atoms with E-state index in [9.17, 15) is 0 Å². The fraction of sp³-hybridized carbons (Fsp3) is 0.778. The molecular weight excluding hydrogens is 286 g/mol. The molecule has 0 spiro atoms. The topological polar surface area (TPSA) is 61.9 Å². The number of aromatic nitrogens is 2. The molecular formula is C18H31N5. The van der Waals surface area contributed by atoms with Crippen LogP contribution in [0, 0.1) is 5.92 Å². The van der Waals surface area contributed by atoms with E-state index in [1.807, 2.05) is 0 Å². The van der Waals surface area contributed by atoms with E-state index in [-0.39, 0.29) is 0 Å². The third-order valence-corrected chi connectivity index (χ3v) is 5.05. The first kappa shape index (κ1) is 16.5. The van der Waals surface area contributed by atoms with Crippen molar-refractivity contribution in [2.24, 2.45) is 5.92 Å². The van der Waals surface area contributed by atoms with Crippen molar-refractivity contribution < 1.29 is 0 Å². The smallest absolute Gasteiger partial charge is 0.225 e. The first-order chi connectivity index (χ1) is 11.2. The Morgan fingerprint density at radius 3 is 2.70 bits per heavy atom. The van der Waals surface area contributed by atoms with Crippen LogP contribution in [0.25, 0.3) is 0 Å². The molecule has 1 aromatic heterocycles. The second-order valence-corrected chi connectivity index (χ2v) is 7.14. The van der Waals surface area contributed by atoms with Crippen LogP contribution in [0.15, 0.2) is 6.07 Å². The van der Waals surface area contributed by atoms with Crippen molar-refractivity contribution in [3.8, 4) is 0 Å². The van der Waals surface area contributed by atoms with Gasteiger partial charge >= 0.3 is 0 Å². The molecule has 1 aromatic rings. The molecule has 0 bridgehead atoms. The minimum atomic E-state index is 0.409. The van der Waals surface area contributed by atoms with E-state index in [2.05, 4.69) is 40.8 Å². The van der Waals surface area contributed by atoms with Gasteiger partial charge < -0.3 is 16.0 Å². The molecule has 1 aliphatic carbocycles. The molecule has 0 unspecified atom stereocenters. The zero-order valence-corrected chi connectivity index (χ0v) is 14.6. The largest absolute Gasteiger partial charge is 0.370 e. The normalized spacial score (nSPS) is 20.3. The standard InChI is InChI=1S/C18H31N5/c1-3-13(2)21-18-22-16(15-4-5-15)12-17(23-18)20-11-8-14-6-9-19-10-7-14/h12-15,19H,3-11H2,1-2H3,(H2,20,21,22,23)/t13-/m1/s1. The van der Waals surface area contributed by atoms with Crippen LogP contribution in [0.2, 0.25) is 0 Å². The average molecular weight is 317 g/mol. The van der Waals surface area contributed by atoms with Gasteiger partial charge in [0, 0.05) is 24.6 Å². The van der Waals surface area contributed by atoms with Crippen molar-refractivity contribution in [2.45, 2.75) is 64.3 Å². The molecule has 1 saturated carbocycles. The molecule has 1 saturated heterocycles. The Labute approximate surface area is 140 Å². The lowest BCUT2D eigenvalue weighted by Gasteiger charge is -2.22. The monoisotopic (exact) mass is 317 g/mol. The van der Waals surface area contributed by atoms with E-state index in [1.165, 1.54) is 50.9 Å². The highest BCUT2D eigenvalue weighted by Gasteiger charge is 2.26. The van der Waals surface area contributed by atoms with Crippen LogP contribution in [0.1, 0.15) is 64.0 Å². The summed E-state index contributed by atoms with van der Waals surface area (Å²) in [5.74, 6) is 3.28. The number of nitrogens with one attached hydrogen (secondary N) is 3. The van der Waals surface area contributed by atoms with Crippen molar-refractivity contribution in [1.82, 2.24) is 15.3 Å². The molecule has 1 aliphatic heterocycles. The Morgan fingerprint density at radius 1 is 1.22 bits per heavy atom. The Balaban J connectivity index is 1.58. The van der Waals surface area contributed by atoms with Gasteiger partial charge in [-0.3, -0.25) is 0 Å². The minimum Gasteiger partial charge on any atom is -0.370 e. The Morgan fingerprint density at radius 2 is 2.00 bits per heavy atom. The van der Waals surface area contributed by atoms with Crippen molar-refractivity contribution in [3.63, 3.8) is 0 Å². The van der Waals surface area contributed by atoms with Crippen LogP contribution in [-0.4, -0.2) is 35.6 Å². The number of hydrogen-bond donors (Lipinski definition) is 3. The molecule has 128 valence electrons. The van der Waals surface area contributed by atoms with Crippen molar-refractivity contribution in [3.05, 3.63) is 11.8 Å². The number of piperidine rings is 1. The van der Waals surface area contributed by atoms with Crippen molar-refractivity contribution >= 4 is 11.8 Å². The Kier molecular flexibility index (Phi) is 5.70. The molecule has 23 heavy (non-hydrogen) atoms. The van der Waals surface area contributed by atoms with Gasteiger partial charge in [-0.2, -0.15) is 4.98 Å². The number of rotatable bonds is 8. The van der Waals surface area contributed by atoms with E-state index in [4.69, 9.17) is 4.98 Å². The summed E-state index contributed by atoms with van der Waals surface area (Å²) >= 11 is 0. The summed E-state index contributed by atoms with van der Waals surface area (Å²) in [5, 5.41) is 10.4. The molecule has 0 amide bonds. The van der Waals surface area contributed by atoms with Gasteiger partial charge in [-0.15, -0.1) is 0 Å². The van der Waals surface area contributed by atoms with Crippen molar-refractivity contribution in [2.75, 3.05) is 30.3 Å². The molecule has 2 aliphatic rings. The lowest BCUT2D eigenvalue weighted by Crippen LogP contribution is -2.28. The highest BCUT2D eigenvalue weighted by Crippen LogP contribution is 2.39. The second-order valence-electron chi connectivity index (χ2n) is 7.14. The van der Waals surface area contributed by atoms with Crippen molar-refractivity contribution in [1.29, 1.82) is 0 Å². The van der Waals surface area contributed by atoms with E-state index < -0.39 is 0 Å². The lowest BCUT2D eigenvalue weighted by molar-refractivity contribution is 0.361. The second kappa shape index (κ2) is 7.95. The molecule has 5 heteroatoms. The maximum atomic E-state index is 4.71. The summed E-state index contributed by atoms with van der Waals surface area (Å²) in [7, 11) is 0. The van der Waals surface area contributed by atoms with E-state index in [0.717, 1.165) is 30.6 Å². The number of anilines is 2. The molecule has 3 N–H and O–H groups in total. The fourth-order valence-corrected chi connectivity index (χ4v) is 3.11. The summed E-state index contributed by atoms with van der Waals surface area (Å²) in [4.78, 5) is 9.38. The molecule has 5 nitrogen and oxygen atoms in total. The van der Waals surface area contributed by atoms with Crippen LogP contribution in [-0.2, 0) is 0 Å². The third-order valence-electron chi connectivity index (χ3n) is 5.05. The van der Waals surface area contributed by atoms with Crippen LogP contribution in [0.5, 0.6) is 0 Å². The lowest BCUT2D eigenvalue weighted by atomic mass is 9.95. The van der Waals surface area contributed by atoms with Gasteiger partial charge in [0.2, 0.25) is 5.95 Å². The predicted molar refractivity (Wildman–Crippen MR) is 96.1 cm³/mol. The maximum Gasteiger partial charge on any atom is 0.225 e. The molecule has 2 fully saturated rings. The van der Waals surface area contributed by atoms with E-state index >= 15 is 0 Å². The molecule has 0 radical (unpaired) electrons. The highest BCUT2D eigenvalue weighted by molar-refractivity contribution is 5.44. The van der Waals surface area contributed by atoms with Gasteiger partial charge in [0.15, 0.2) is 0 Å². The van der Waals surface area contributed by atoms with E-state index in [0.29, 0.717) is 12.0 Å². The maximum absolute atomic E-state index is 4.71. The summed E-state index contributed by atoms with van der Waals surface area (Å²) in [6.07, 6.45) is 7.47. The third kappa shape index (κ3) is 5.06. The van der Waals surface area contributed by atoms with Gasteiger partial charge in [0.05, 0.1) is 5.69 Å². The number of nitrogens with zero attached hydrogens (tertiary/aromatic N) is 2. The van der Waals surface area contributed by atoms with Gasteiger partial charge in [-0.05, 0) is 64.5 Å². The Bertz CT molecular complexity index is 494. The summed E-state index contributed by atoms with van der Waals surface area (Å²) in [6, 6.07) is 2.56. The van der Waals surface area contributed by atoms with Gasteiger partial charge in [-0.25, -0.2) is 4.98 Å². The molecule has 0 aromatic carbocycles. The zero-order valence-electron chi connectivity index (χ0n) is 14.6. The number of hydrogen-bond acceptors (Lipinski definition) is 5. The zero-order chi connectivity index (χ0) is 16.1. The highest BCUT2D eigenvalue weighted by atomic mass is 15.2. The van der Waals surface area contributed by atoms with Crippen LogP contribution in [0.3, 0.4) is 0 Å². The molecule has 2 heterocycles. The van der Waals surface area contributed by atoms with Gasteiger partial charge in [-0.1, -0.05) is 6.92 Å². The summed E-state index contributed by atoms with van der Waals surface area (Å²) in [6.45, 7) is 7.71. The average Bonchev–Trinajstić information content (AvgIpc) is 3.40.